The molecule has 24 heavy (non-hydrogen) atoms. The van der Waals surface area contributed by atoms with Crippen molar-refractivity contribution in [2.45, 2.75) is 6.42 Å². The summed E-state index contributed by atoms with van der Waals surface area (Å²) in [5, 5.41) is 5.56. The second kappa shape index (κ2) is 7.42. The van der Waals surface area contributed by atoms with Crippen molar-refractivity contribution in [3.8, 4) is 5.75 Å². The van der Waals surface area contributed by atoms with Gasteiger partial charge in [-0.2, -0.15) is 0 Å². The van der Waals surface area contributed by atoms with Crippen LogP contribution in [0.5, 0.6) is 5.75 Å². The third kappa shape index (κ3) is 3.90. The second-order valence-corrected chi connectivity index (χ2v) is 6.25. The number of nitrogens with zero attached hydrogens (tertiary/aromatic N) is 2. The van der Waals surface area contributed by atoms with Gasteiger partial charge in [-0.3, -0.25) is 4.79 Å². The Hall–Kier alpha value is -2.44. The summed E-state index contributed by atoms with van der Waals surface area (Å²) in [5.41, 5.74) is 1.93. The molecule has 7 heteroatoms. The minimum absolute atomic E-state index is 0.250. The number of ether oxygens (including phenoxy) is 1. The van der Waals surface area contributed by atoms with Gasteiger partial charge in [0.2, 0.25) is 0 Å². The van der Waals surface area contributed by atoms with Crippen LogP contribution in [-0.2, 0) is 6.42 Å². The quantitative estimate of drug-likeness (QED) is 0.698. The number of hydrogen-bond acceptors (Lipinski definition) is 5. The molecule has 0 aliphatic carbocycles. The van der Waals surface area contributed by atoms with Crippen LogP contribution in [0.15, 0.2) is 48.0 Å². The van der Waals surface area contributed by atoms with E-state index in [0.717, 1.165) is 16.3 Å². The van der Waals surface area contributed by atoms with E-state index in [1.54, 1.807) is 30.8 Å². The highest BCUT2D eigenvalue weighted by molar-refractivity contribution is 7.09. The highest BCUT2D eigenvalue weighted by atomic mass is 35.5. The van der Waals surface area contributed by atoms with Gasteiger partial charge in [0.05, 0.1) is 17.8 Å². The zero-order valence-electron chi connectivity index (χ0n) is 12.8. The molecule has 1 N–H and O–H groups in total. The summed E-state index contributed by atoms with van der Waals surface area (Å²) in [4.78, 5) is 20.6. The monoisotopic (exact) mass is 359 g/mol. The van der Waals surface area contributed by atoms with Gasteiger partial charge in [-0.05, 0) is 29.8 Å². The van der Waals surface area contributed by atoms with Crippen molar-refractivity contribution in [3.63, 3.8) is 0 Å². The molecule has 1 aromatic carbocycles. The molecule has 0 bridgehead atoms. The van der Waals surface area contributed by atoms with E-state index in [9.17, 15) is 4.79 Å². The number of nitrogens with one attached hydrogen (secondary N) is 1. The van der Waals surface area contributed by atoms with Gasteiger partial charge in [0, 0.05) is 18.0 Å². The third-order valence-electron chi connectivity index (χ3n) is 3.31. The molecule has 2 aromatic heterocycles. The van der Waals surface area contributed by atoms with Crippen LogP contribution in [0.2, 0.25) is 5.15 Å². The number of halogens is 1. The maximum Gasteiger partial charge on any atom is 0.275 e. The van der Waals surface area contributed by atoms with Gasteiger partial charge in [-0.25, -0.2) is 9.97 Å². The van der Waals surface area contributed by atoms with E-state index in [4.69, 9.17) is 16.3 Å². The Balaban J connectivity index is 1.68. The van der Waals surface area contributed by atoms with Crippen molar-refractivity contribution in [2.75, 3.05) is 12.4 Å². The number of rotatable bonds is 5. The van der Waals surface area contributed by atoms with Gasteiger partial charge in [0.1, 0.15) is 11.4 Å². The van der Waals surface area contributed by atoms with Crippen molar-refractivity contribution in [2.24, 2.45) is 0 Å². The maximum atomic E-state index is 12.2. The Kier molecular flexibility index (Phi) is 5.08. The Morgan fingerprint density at radius 3 is 2.79 bits per heavy atom. The molecule has 0 atom stereocenters. The predicted molar refractivity (Wildman–Crippen MR) is 95.1 cm³/mol. The smallest absolute Gasteiger partial charge is 0.275 e. The fourth-order valence-electron chi connectivity index (χ4n) is 2.08. The predicted octanol–water partition coefficient (Wildman–Crippen LogP) is 4.04. The first-order valence-electron chi connectivity index (χ1n) is 7.15. The van der Waals surface area contributed by atoms with Crippen molar-refractivity contribution in [1.82, 2.24) is 9.97 Å². The lowest BCUT2D eigenvalue weighted by molar-refractivity contribution is 0.102. The number of aromatic nitrogens is 2. The summed E-state index contributed by atoms with van der Waals surface area (Å²) >= 11 is 7.38. The molecular formula is C17H14ClN3O2S. The number of amides is 1. The van der Waals surface area contributed by atoms with E-state index in [0.29, 0.717) is 17.8 Å². The van der Waals surface area contributed by atoms with Crippen LogP contribution in [0, 0.1) is 0 Å². The molecule has 3 aromatic rings. The summed E-state index contributed by atoms with van der Waals surface area (Å²) < 4.78 is 5.14. The molecule has 2 heterocycles. The van der Waals surface area contributed by atoms with Gasteiger partial charge in [-0.15, -0.1) is 11.3 Å². The molecule has 0 fully saturated rings. The Labute approximate surface area is 148 Å². The Morgan fingerprint density at radius 1 is 1.29 bits per heavy atom. The standard InChI is InChI=1S/C17H14ClN3O2S/c1-23-12-6-4-11(5-7-12)9-15-20-14(10-24-15)17(22)21-13-3-2-8-19-16(13)18/h2-8,10H,9H2,1H3,(H,21,22). The molecule has 0 saturated carbocycles. The Morgan fingerprint density at radius 2 is 2.08 bits per heavy atom. The molecule has 0 aliphatic rings. The van der Waals surface area contributed by atoms with Crippen molar-refractivity contribution in [3.05, 3.63) is 69.4 Å². The van der Waals surface area contributed by atoms with Crippen LogP contribution in [0.25, 0.3) is 0 Å². The number of carbonyl (C=O) groups is 1. The topological polar surface area (TPSA) is 64.1 Å². The first-order chi connectivity index (χ1) is 11.7. The number of hydrogen-bond donors (Lipinski definition) is 1. The van der Waals surface area contributed by atoms with E-state index >= 15 is 0 Å². The number of carbonyl (C=O) groups excluding carboxylic acids is 1. The van der Waals surface area contributed by atoms with Crippen LogP contribution in [0.3, 0.4) is 0 Å². The maximum absolute atomic E-state index is 12.2. The third-order valence-corrected chi connectivity index (χ3v) is 4.46. The number of anilines is 1. The van der Waals surface area contributed by atoms with Crippen molar-refractivity contribution < 1.29 is 9.53 Å². The molecule has 0 aliphatic heterocycles. The highest BCUT2D eigenvalue weighted by Gasteiger charge is 2.13. The number of methoxy groups -OCH3 is 1. The number of thiazole rings is 1. The highest BCUT2D eigenvalue weighted by Crippen LogP contribution is 2.20. The molecule has 1 amide bonds. The van der Waals surface area contributed by atoms with E-state index in [2.05, 4.69) is 15.3 Å². The Bertz CT molecular complexity index is 849. The zero-order valence-corrected chi connectivity index (χ0v) is 14.4. The van der Waals surface area contributed by atoms with E-state index < -0.39 is 0 Å². The number of benzene rings is 1. The van der Waals surface area contributed by atoms with Gasteiger partial charge in [0.15, 0.2) is 5.15 Å². The fourth-order valence-corrected chi connectivity index (χ4v) is 3.06. The molecule has 0 radical (unpaired) electrons. The van der Waals surface area contributed by atoms with E-state index in [1.165, 1.54) is 11.3 Å². The average Bonchev–Trinajstić information content (AvgIpc) is 3.06. The summed E-state index contributed by atoms with van der Waals surface area (Å²) in [6, 6.07) is 11.2. The van der Waals surface area contributed by atoms with Gasteiger partial charge in [-0.1, -0.05) is 23.7 Å². The van der Waals surface area contributed by atoms with Crippen LogP contribution in [-0.4, -0.2) is 23.0 Å². The molecule has 122 valence electrons. The summed E-state index contributed by atoms with van der Waals surface area (Å²) in [6.45, 7) is 0. The molecule has 3 rings (SSSR count). The fraction of sp³-hybridized carbons (Fsp3) is 0.118. The minimum atomic E-state index is -0.304. The SMILES string of the molecule is COc1ccc(Cc2nc(C(=O)Nc3cccnc3Cl)cs2)cc1. The average molecular weight is 360 g/mol. The van der Waals surface area contributed by atoms with Crippen LogP contribution in [0.4, 0.5) is 5.69 Å². The molecule has 0 saturated heterocycles. The normalized spacial score (nSPS) is 10.4. The zero-order chi connectivity index (χ0) is 16.9. The van der Waals surface area contributed by atoms with E-state index in [-0.39, 0.29) is 11.1 Å². The summed E-state index contributed by atoms with van der Waals surface area (Å²) in [7, 11) is 1.63. The lowest BCUT2D eigenvalue weighted by Crippen LogP contribution is -2.13. The molecule has 0 unspecified atom stereocenters. The summed E-state index contributed by atoms with van der Waals surface area (Å²) in [5.74, 6) is 0.508. The lowest BCUT2D eigenvalue weighted by Gasteiger charge is -2.04. The van der Waals surface area contributed by atoms with Crippen molar-refractivity contribution >= 4 is 34.5 Å². The lowest BCUT2D eigenvalue weighted by atomic mass is 10.1. The summed E-state index contributed by atoms with van der Waals surface area (Å²) in [6.07, 6.45) is 2.23. The van der Waals surface area contributed by atoms with Crippen molar-refractivity contribution in [1.29, 1.82) is 0 Å². The van der Waals surface area contributed by atoms with E-state index in [1.807, 2.05) is 24.3 Å². The van der Waals surface area contributed by atoms with Gasteiger partial charge in [0.25, 0.3) is 5.91 Å². The van der Waals surface area contributed by atoms with Gasteiger partial charge >= 0.3 is 0 Å². The second-order valence-electron chi connectivity index (χ2n) is 4.95. The largest absolute Gasteiger partial charge is 0.497 e. The molecule has 5 nitrogen and oxygen atoms in total. The van der Waals surface area contributed by atoms with Crippen LogP contribution < -0.4 is 10.1 Å². The minimum Gasteiger partial charge on any atom is -0.497 e. The van der Waals surface area contributed by atoms with Crippen LogP contribution >= 0.6 is 22.9 Å². The first-order valence-corrected chi connectivity index (χ1v) is 8.40. The number of pyridine rings is 1. The molecular weight excluding hydrogens is 346 g/mol. The molecule has 0 spiro atoms. The van der Waals surface area contributed by atoms with Gasteiger partial charge < -0.3 is 10.1 Å². The first kappa shape index (κ1) is 16.4. The van der Waals surface area contributed by atoms with Crippen LogP contribution in [0.1, 0.15) is 21.1 Å².